The van der Waals surface area contributed by atoms with Crippen LogP contribution in [0.25, 0.3) is 0 Å². The fourth-order valence-corrected chi connectivity index (χ4v) is 2.80. The van der Waals surface area contributed by atoms with Crippen LogP contribution >= 0.6 is 0 Å². The van der Waals surface area contributed by atoms with E-state index >= 15 is 0 Å². The highest BCUT2D eigenvalue weighted by molar-refractivity contribution is 5.30. The molecule has 94 valence electrons. The molecule has 2 rings (SSSR count). The van der Waals surface area contributed by atoms with E-state index in [2.05, 4.69) is 38.1 Å². The summed E-state index contributed by atoms with van der Waals surface area (Å²) in [7, 11) is 0. The highest BCUT2D eigenvalue weighted by Gasteiger charge is 2.24. The van der Waals surface area contributed by atoms with E-state index < -0.39 is 0 Å². The van der Waals surface area contributed by atoms with Gasteiger partial charge in [-0.15, -0.1) is 0 Å². The summed E-state index contributed by atoms with van der Waals surface area (Å²) in [4.78, 5) is 0. The Bertz CT molecular complexity index is 358. The number of aliphatic hydroxyl groups excluding tert-OH is 1. The molecule has 0 amide bonds. The smallest absolute Gasteiger partial charge is 0.0520 e. The monoisotopic (exact) mass is 232 g/mol. The minimum Gasteiger partial charge on any atom is -0.393 e. The second kappa shape index (κ2) is 4.81. The van der Waals surface area contributed by atoms with Gasteiger partial charge in [-0.2, -0.15) is 0 Å². The van der Waals surface area contributed by atoms with Gasteiger partial charge in [0.05, 0.1) is 6.10 Å². The third kappa shape index (κ3) is 2.90. The van der Waals surface area contributed by atoms with Crippen molar-refractivity contribution in [1.82, 2.24) is 0 Å². The highest BCUT2D eigenvalue weighted by Crippen LogP contribution is 2.37. The van der Waals surface area contributed by atoms with E-state index in [1.807, 2.05) is 6.92 Å². The molecule has 0 radical (unpaired) electrons. The summed E-state index contributed by atoms with van der Waals surface area (Å²) in [6.07, 6.45) is 4.68. The standard InChI is InChI=1S/C16H24O/c1-12(17)11-16(2,3)15-9-7-14(8-10-15)13-5-4-6-13/h7-10,12-13,17H,4-6,11H2,1-3H3. The molecule has 1 saturated carbocycles. The normalized spacial score (nSPS) is 18.8. The summed E-state index contributed by atoms with van der Waals surface area (Å²) in [5.74, 6) is 0.809. The first-order valence-corrected chi connectivity index (χ1v) is 6.77. The van der Waals surface area contributed by atoms with E-state index in [9.17, 15) is 5.11 Å². The molecule has 0 aliphatic heterocycles. The Balaban J connectivity index is 2.10. The Morgan fingerprint density at radius 1 is 1.24 bits per heavy atom. The lowest BCUT2D eigenvalue weighted by Gasteiger charge is -2.29. The lowest BCUT2D eigenvalue weighted by atomic mass is 9.76. The van der Waals surface area contributed by atoms with Crippen molar-refractivity contribution in [2.75, 3.05) is 0 Å². The molecular weight excluding hydrogens is 208 g/mol. The fraction of sp³-hybridized carbons (Fsp3) is 0.625. The molecule has 1 heteroatoms. The van der Waals surface area contributed by atoms with Gasteiger partial charge in [0.25, 0.3) is 0 Å². The zero-order valence-electron chi connectivity index (χ0n) is 11.2. The Morgan fingerprint density at radius 2 is 1.82 bits per heavy atom. The number of benzene rings is 1. The highest BCUT2D eigenvalue weighted by atomic mass is 16.3. The number of hydrogen-bond donors (Lipinski definition) is 1. The predicted molar refractivity (Wildman–Crippen MR) is 72.4 cm³/mol. The van der Waals surface area contributed by atoms with E-state index in [1.54, 1.807) is 0 Å². The van der Waals surface area contributed by atoms with Crippen LogP contribution in [0.5, 0.6) is 0 Å². The van der Waals surface area contributed by atoms with Crippen molar-refractivity contribution < 1.29 is 5.11 Å². The largest absolute Gasteiger partial charge is 0.393 e. The molecule has 1 aromatic carbocycles. The maximum atomic E-state index is 9.54. The predicted octanol–water partition coefficient (Wildman–Crippen LogP) is 4.00. The average Bonchev–Trinajstić information content (AvgIpc) is 2.13. The molecule has 0 bridgehead atoms. The summed E-state index contributed by atoms with van der Waals surface area (Å²) < 4.78 is 0. The van der Waals surface area contributed by atoms with Crippen molar-refractivity contribution >= 4 is 0 Å². The minimum atomic E-state index is -0.240. The molecule has 17 heavy (non-hydrogen) atoms. The van der Waals surface area contributed by atoms with Crippen molar-refractivity contribution in [2.24, 2.45) is 0 Å². The van der Waals surface area contributed by atoms with Crippen LogP contribution in [0.1, 0.15) is 63.5 Å². The zero-order chi connectivity index (χ0) is 12.5. The second-order valence-electron chi connectivity index (χ2n) is 6.19. The van der Waals surface area contributed by atoms with Crippen LogP contribution in [0, 0.1) is 0 Å². The van der Waals surface area contributed by atoms with E-state index in [-0.39, 0.29) is 11.5 Å². The van der Waals surface area contributed by atoms with Crippen LogP contribution in [0.15, 0.2) is 24.3 Å². The van der Waals surface area contributed by atoms with Gasteiger partial charge in [-0.1, -0.05) is 44.5 Å². The van der Waals surface area contributed by atoms with Crippen LogP contribution in [-0.2, 0) is 5.41 Å². The topological polar surface area (TPSA) is 20.2 Å². The third-order valence-corrected chi connectivity index (χ3v) is 4.07. The van der Waals surface area contributed by atoms with Crippen molar-refractivity contribution in [3.63, 3.8) is 0 Å². The molecule has 1 N–H and O–H groups in total. The first-order chi connectivity index (χ1) is 7.99. The first kappa shape index (κ1) is 12.6. The molecule has 1 aliphatic carbocycles. The van der Waals surface area contributed by atoms with Crippen LogP contribution in [0.4, 0.5) is 0 Å². The summed E-state index contributed by atoms with van der Waals surface area (Å²) >= 11 is 0. The maximum Gasteiger partial charge on any atom is 0.0520 e. The van der Waals surface area contributed by atoms with Crippen molar-refractivity contribution in [3.8, 4) is 0 Å². The van der Waals surface area contributed by atoms with Gasteiger partial charge in [0.15, 0.2) is 0 Å². The van der Waals surface area contributed by atoms with Crippen molar-refractivity contribution in [3.05, 3.63) is 35.4 Å². The molecule has 1 fully saturated rings. The van der Waals surface area contributed by atoms with Gasteiger partial charge in [-0.25, -0.2) is 0 Å². The van der Waals surface area contributed by atoms with Crippen molar-refractivity contribution in [2.45, 2.75) is 63.9 Å². The Kier molecular flexibility index (Phi) is 3.58. The van der Waals surface area contributed by atoms with E-state index in [4.69, 9.17) is 0 Å². The third-order valence-electron chi connectivity index (χ3n) is 4.07. The maximum absolute atomic E-state index is 9.54. The van der Waals surface area contributed by atoms with Crippen LogP contribution in [0.2, 0.25) is 0 Å². The number of rotatable bonds is 4. The van der Waals surface area contributed by atoms with Gasteiger partial charge in [0.1, 0.15) is 0 Å². The van der Waals surface area contributed by atoms with Gasteiger partial charge >= 0.3 is 0 Å². The molecule has 0 spiro atoms. The van der Waals surface area contributed by atoms with Gasteiger partial charge in [0.2, 0.25) is 0 Å². The summed E-state index contributed by atoms with van der Waals surface area (Å²) in [5, 5.41) is 9.54. The molecule has 1 atom stereocenters. The van der Waals surface area contributed by atoms with Gasteiger partial charge in [0, 0.05) is 0 Å². The number of hydrogen-bond acceptors (Lipinski definition) is 1. The average molecular weight is 232 g/mol. The lowest BCUT2D eigenvalue weighted by Crippen LogP contribution is -2.23. The lowest BCUT2D eigenvalue weighted by molar-refractivity contribution is 0.157. The molecule has 1 aromatic rings. The summed E-state index contributed by atoms with van der Waals surface area (Å²) in [6.45, 7) is 6.28. The van der Waals surface area contributed by atoms with Crippen LogP contribution in [-0.4, -0.2) is 11.2 Å². The zero-order valence-corrected chi connectivity index (χ0v) is 11.2. The Hall–Kier alpha value is -0.820. The second-order valence-corrected chi connectivity index (χ2v) is 6.19. The molecular formula is C16H24O. The Labute approximate surface area is 105 Å². The molecule has 0 saturated heterocycles. The van der Waals surface area contributed by atoms with E-state index in [0.29, 0.717) is 0 Å². The quantitative estimate of drug-likeness (QED) is 0.832. The van der Waals surface area contributed by atoms with Gasteiger partial charge in [-0.05, 0) is 48.6 Å². The summed E-state index contributed by atoms with van der Waals surface area (Å²) in [6, 6.07) is 9.05. The molecule has 1 aliphatic rings. The van der Waals surface area contributed by atoms with E-state index in [0.717, 1.165) is 12.3 Å². The number of aliphatic hydroxyl groups is 1. The van der Waals surface area contributed by atoms with Gasteiger partial charge in [-0.3, -0.25) is 0 Å². The van der Waals surface area contributed by atoms with Crippen molar-refractivity contribution in [1.29, 1.82) is 0 Å². The van der Waals surface area contributed by atoms with Crippen LogP contribution in [0.3, 0.4) is 0 Å². The molecule has 1 unspecified atom stereocenters. The Morgan fingerprint density at radius 3 is 2.24 bits per heavy atom. The van der Waals surface area contributed by atoms with E-state index in [1.165, 1.54) is 30.4 Å². The first-order valence-electron chi connectivity index (χ1n) is 6.77. The minimum absolute atomic E-state index is 0.0618. The fourth-order valence-electron chi connectivity index (χ4n) is 2.80. The van der Waals surface area contributed by atoms with Gasteiger partial charge < -0.3 is 5.11 Å². The SMILES string of the molecule is CC(O)CC(C)(C)c1ccc(C2CCC2)cc1. The molecule has 0 aromatic heterocycles. The van der Waals surface area contributed by atoms with Crippen LogP contribution < -0.4 is 0 Å². The summed E-state index contributed by atoms with van der Waals surface area (Å²) in [5.41, 5.74) is 2.89. The molecule has 1 nitrogen and oxygen atoms in total. The molecule has 0 heterocycles.